The first-order chi connectivity index (χ1) is 8.30. The molecule has 2 heteroatoms. The fraction of sp³-hybridized carbons (Fsp3) is 0.600. The monoisotopic (exact) mass is 249 g/mol. The summed E-state index contributed by atoms with van der Waals surface area (Å²) < 4.78 is 0. The molecule has 0 amide bonds. The molecule has 1 N–H and O–H groups in total. The van der Waals surface area contributed by atoms with E-state index in [1.54, 1.807) is 0 Å². The molecule has 1 saturated heterocycles. The molecule has 1 heterocycles. The van der Waals surface area contributed by atoms with Crippen molar-refractivity contribution in [1.82, 2.24) is 5.32 Å². The molecule has 0 aromatic heterocycles. The van der Waals surface area contributed by atoms with E-state index in [1.807, 2.05) is 12.1 Å². The lowest BCUT2D eigenvalue weighted by molar-refractivity contribution is 0.189. The molecule has 1 nitrogen and oxygen atoms in total. The maximum absolute atomic E-state index is 5.98. The highest BCUT2D eigenvalue weighted by atomic mass is 35.5. The van der Waals surface area contributed by atoms with Crippen LogP contribution in [-0.2, 0) is 0 Å². The Hall–Kier alpha value is -0.530. The third kappa shape index (κ3) is 2.11. The third-order valence-electron chi connectivity index (χ3n) is 4.69. The first-order valence-corrected chi connectivity index (χ1v) is 7.14. The van der Waals surface area contributed by atoms with Gasteiger partial charge < -0.3 is 5.32 Å². The maximum atomic E-state index is 5.98. The van der Waals surface area contributed by atoms with E-state index in [9.17, 15) is 0 Å². The summed E-state index contributed by atoms with van der Waals surface area (Å²) in [4.78, 5) is 0. The van der Waals surface area contributed by atoms with Crippen molar-refractivity contribution in [3.05, 3.63) is 34.9 Å². The first kappa shape index (κ1) is 11.6. The van der Waals surface area contributed by atoms with E-state index < -0.39 is 0 Å². The van der Waals surface area contributed by atoms with Crippen molar-refractivity contribution in [2.75, 3.05) is 13.1 Å². The van der Waals surface area contributed by atoms with Crippen LogP contribution in [-0.4, -0.2) is 13.1 Å². The smallest absolute Gasteiger partial charge is 0.0406 e. The van der Waals surface area contributed by atoms with Crippen LogP contribution in [0.3, 0.4) is 0 Å². The van der Waals surface area contributed by atoms with Gasteiger partial charge in [0.15, 0.2) is 0 Å². The van der Waals surface area contributed by atoms with Crippen LogP contribution in [0.25, 0.3) is 0 Å². The lowest BCUT2D eigenvalue weighted by atomic mass is 9.66. The van der Waals surface area contributed by atoms with E-state index in [0.717, 1.165) is 11.6 Å². The summed E-state index contributed by atoms with van der Waals surface area (Å²) in [6.45, 7) is 2.35. The quantitative estimate of drug-likeness (QED) is 0.794. The van der Waals surface area contributed by atoms with Gasteiger partial charge in [0.1, 0.15) is 0 Å². The molecule has 17 heavy (non-hydrogen) atoms. The van der Waals surface area contributed by atoms with Crippen molar-refractivity contribution in [3.63, 3.8) is 0 Å². The zero-order valence-electron chi connectivity index (χ0n) is 10.2. The number of nitrogens with one attached hydrogen (secondary N) is 1. The van der Waals surface area contributed by atoms with Crippen molar-refractivity contribution in [2.45, 2.75) is 38.0 Å². The summed E-state index contributed by atoms with van der Waals surface area (Å²) in [5, 5.41) is 4.46. The topological polar surface area (TPSA) is 12.0 Å². The molecule has 2 aliphatic rings. The first-order valence-electron chi connectivity index (χ1n) is 6.76. The SMILES string of the molecule is Clc1ccc(C2CNCC23CCCCC3)cc1. The fourth-order valence-corrected chi connectivity index (χ4v) is 3.88. The van der Waals surface area contributed by atoms with Crippen LogP contribution in [0.1, 0.15) is 43.6 Å². The lowest BCUT2D eigenvalue weighted by Crippen LogP contribution is -2.31. The van der Waals surface area contributed by atoms with E-state index in [-0.39, 0.29) is 0 Å². The normalized spacial score (nSPS) is 27.5. The lowest BCUT2D eigenvalue weighted by Gasteiger charge is -2.38. The van der Waals surface area contributed by atoms with E-state index in [2.05, 4.69) is 17.4 Å². The molecule has 2 fully saturated rings. The summed E-state index contributed by atoms with van der Waals surface area (Å²) in [6.07, 6.45) is 7.03. The van der Waals surface area contributed by atoms with Gasteiger partial charge in [0.05, 0.1) is 0 Å². The largest absolute Gasteiger partial charge is 0.316 e. The second-order valence-corrected chi connectivity index (χ2v) is 6.09. The molecule has 1 spiro atoms. The molecule has 0 radical (unpaired) electrons. The second kappa shape index (κ2) is 4.62. The van der Waals surface area contributed by atoms with E-state index in [0.29, 0.717) is 11.3 Å². The van der Waals surface area contributed by atoms with Crippen molar-refractivity contribution in [3.8, 4) is 0 Å². The van der Waals surface area contributed by atoms with Crippen LogP contribution in [0, 0.1) is 5.41 Å². The zero-order chi connectivity index (χ0) is 11.7. The Bertz CT molecular complexity index is 378. The zero-order valence-corrected chi connectivity index (χ0v) is 11.0. The van der Waals surface area contributed by atoms with E-state index in [1.165, 1.54) is 44.2 Å². The van der Waals surface area contributed by atoms with Crippen LogP contribution >= 0.6 is 11.6 Å². The minimum Gasteiger partial charge on any atom is -0.316 e. The molecule has 1 unspecified atom stereocenters. The van der Waals surface area contributed by atoms with Gasteiger partial charge in [-0.05, 0) is 36.0 Å². The Kier molecular flexibility index (Phi) is 3.14. The minimum absolute atomic E-state index is 0.534. The molecular weight excluding hydrogens is 230 g/mol. The average molecular weight is 250 g/mol. The van der Waals surface area contributed by atoms with Gasteiger partial charge in [-0.1, -0.05) is 43.0 Å². The van der Waals surface area contributed by atoms with Crippen LogP contribution < -0.4 is 5.32 Å². The number of hydrogen-bond acceptors (Lipinski definition) is 1. The van der Waals surface area contributed by atoms with Gasteiger partial charge in [-0.15, -0.1) is 0 Å². The van der Waals surface area contributed by atoms with Gasteiger partial charge in [0.25, 0.3) is 0 Å². The van der Waals surface area contributed by atoms with Crippen LogP contribution in [0.15, 0.2) is 24.3 Å². The summed E-state index contributed by atoms with van der Waals surface area (Å²) >= 11 is 5.98. The molecule has 92 valence electrons. The van der Waals surface area contributed by atoms with Gasteiger partial charge in [0.2, 0.25) is 0 Å². The highest BCUT2D eigenvalue weighted by Gasteiger charge is 2.43. The molecule has 1 aliphatic heterocycles. The van der Waals surface area contributed by atoms with Crippen molar-refractivity contribution in [1.29, 1.82) is 0 Å². The van der Waals surface area contributed by atoms with Crippen molar-refractivity contribution < 1.29 is 0 Å². The number of rotatable bonds is 1. The van der Waals surface area contributed by atoms with Gasteiger partial charge in [-0.25, -0.2) is 0 Å². The molecule has 3 rings (SSSR count). The Morgan fingerprint density at radius 2 is 1.76 bits per heavy atom. The highest BCUT2D eigenvalue weighted by Crippen LogP contribution is 2.49. The summed E-state index contributed by atoms with van der Waals surface area (Å²) in [7, 11) is 0. The predicted octanol–water partition coefficient (Wildman–Crippen LogP) is 3.98. The van der Waals surface area contributed by atoms with Crippen LogP contribution in [0.4, 0.5) is 0 Å². The second-order valence-electron chi connectivity index (χ2n) is 5.66. The van der Waals surface area contributed by atoms with Gasteiger partial charge in [0, 0.05) is 24.0 Å². The van der Waals surface area contributed by atoms with E-state index in [4.69, 9.17) is 11.6 Å². The van der Waals surface area contributed by atoms with Crippen molar-refractivity contribution in [2.24, 2.45) is 5.41 Å². The molecule has 1 aliphatic carbocycles. The molecule has 1 atom stereocenters. The molecule has 1 aromatic carbocycles. The number of halogens is 1. The molecular formula is C15H20ClN. The van der Waals surface area contributed by atoms with Gasteiger partial charge in [-0.2, -0.15) is 0 Å². The summed E-state index contributed by atoms with van der Waals surface area (Å²) in [5.41, 5.74) is 2.01. The van der Waals surface area contributed by atoms with Crippen molar-refractivity contribution >= 4 is 11.6 Å². The minimum atomic E-state index is 0.534. The Balaban J connectivity index is 1.88. The van der Waals surface area contributed by atoms with Gasteiger partial charge >= 0.3 is 0 Å². The standard InChI is InChI=1S/C15H20ClN/c16-13-6-4-12(5-7-13)14-10-17-11-15(14)8-2-1-3-9-15/h4-7,14,17H,1-3,8-11H2. The van der Waals surface area contributed by atoms with Gasteiger partial charge in [-0.3, -0.25) is 0 Å². The Morgan fingerprint density at radius 1 is 1.06 bits per heavy atom. The summed E-state index contributed by atoms with van der Waals surface area (Å²) in [6, 6.07) is 8.50. The third-order valence-corrected chi connectivity index (χ3v) is 4.94. The average Bonchev–Trinajstić information content (AvgIpc) is 2.75. The molecule has 0 bridgehead atoms. The maximum Gasteiger partial charge on any atom is 0.0406 e. The van der Waals surface area contributed by atoms with Crippen LogP contribution in [0.2, 0.25) is 5.02 Å². The number of hydrogen-bond donors (Lipinski definition) is 1. The predicted molar refractivity (Wildman–Crippen MR) is 72.6 cm³/mol. The number of benzene rings is 1. The van der Waals surface area contributed by atoms with E-state index >= 15 is 0 Å². The summed E-state index contributed by atoms with van der Waals surface area (Å²) in [5.74, 6) is 0.695. The fourth-order valence-electron chi connectivity index (χ4n) is 3.75. The Labute approximate surface area is 109 Å². The Morgan fingerprint density at radius 3 is 2.47 bits per heavy atom. The van der Waals surface area contributed by atoms with Crippen LogP contribution in [0.5, 0.6) is 0 Å². The molecule has 1 aromatic rings. The highest BCUT2D eigenvalue weighted by molar-refractivity contribution is 6.30. The molecule has 1 saturated carbocycles.